The number of terminal acetylenes is 1. The maximum absolute atomic E-state index is 13.7. The van der Waals surface area contributed by atoms with Gasteiger partial charge in [-0.2, -0.15) is 12.6 Å². The summed E-state index contributed by atoms with van der Waals surface area (Å²) in [6, 6.07) is 5.10. The van der Waals surface area contributed by atoms with Gasteiger partial charge in [-0.1, -0.05) is 18.1 Å². The number of nitrogens with zero attached hydrogens (tertiary/aromatic N) is 1. The molecule has 1 aromatic carbocycles. The molecule has 8 heteroatoms. The molecular formula is C25H35N3O4S. The van der Waals surface area contributed by atoms with Crippen molar-refractivity contribution in [1.29, 1.82) is 0 Å². The van der Waals surface area contributed by atoms with Crippen LogP contribution in [0.25, 0.3) is 0 Å². The molecule has 0 bridgehead atoms. The molecule has 1 aliphatic carbocycles. The Bertz CT molecular complexity index is 906. The van der Waals surface area contributed by atoms with Crippen LogP contribution in [0.15, 0.2) is 24.3 Å². The maximum atomic E-state index is 13.7. The fourth-order valence-electron chi connectivity index (χ4n) is 3.32. The third-order valence-corrected chi connectivity index (χ3v) is 5.15. The number of thiol groups is 1. The molecule has 2 atom stereocenters. The van der Waals surface area contributed by atoms with Gasteiger partial charge in [0.25, 0.3) is 0 Å². The second kappa shape index (κ2) is 10.5. The van der Waals surface area contributed by atoms with E-state index in [4.69, 9.17) is 11.2 Å². The van der Waals surface area contributed by atoms with Crippen LogP contribution >= 0.6 is 12.6 Å². The lowest BCUT2D eigenvalue weighted by Gasteiger charge is -2.36. The highest BCUT2D eigenvalue weighted by Gasteiger charge is 2.44. The fraction of sp³-hybridized carbons (Fsp3) is 0.560. The summed E-state index contributed by atoms with van der Waals surface area (Å²) in [5.41, 5.74) is 0.117. The van der Waals surface area contributed by atoms with Gasteiger partial charge in [0, 0.05) is 22.9 Å². The highest BCUT2D eigenvalue weighted by Crippen LogP contribution is 2.36. The average molecular weight is 474 g/mol. The van der Waals surface area contributed by atoms with E-state index in [0.717, 1.165) is 12.8 Å². The maximum Gasteiger partial charge on any atom is 0.408 e. The first-order chi connectivity index (χ1) is 15.3. The summed E-state index contributed by atoms with van der Waals surface area (Å²) in [6.45, 7) is 10.9. The van der Waals surface area contributed by atoms with Crippen molar-refractivity contribution in [3.8, 4) is 12.3 Å². The van der Waals surface area contributed by atoms with Crippen molar-refractivity contribution < 1.29 is 19.1 Å². The van der Waals surface area contributed by atoms with Gasteiger partial charge in [0.2, 0.25) is 11.8 Å². The molecule has 2 N–H and O–H groups in total. The van der Waals surface area contributed by atoms with Gasteiger partial charge in [0.1, 0.15) is 17.7 Å². The van der Waals surface area contributed by atoms with E-state index in [-0.39, 0.29) is 23.6 Å². The van der Waals surface area contributed by atoms with Crippen molar-refractivity contribution in [3.63, 3.8) is 0 Å². The molecule has 0 spiro atoms. The topological polar surface area (TPSA) is 87.7 Å². The minimum absolute atomic E-state index is 0.0605. The summed E-state index contributed by atoms with van der Waals surface area (Å²) in [7, 11) is 0. The molecule has 33 heavy (non-hydrogen) atoms. The van der Waals surface area contributed by atoms with E-state index in [2.05, 4.69) is 29.2 Å². The standard InChI is InChI=1S/C25H35N3O4S/c1-8-16-9-11-17(12-10-16)20(21(29)27-24(2,3)4)28(18-13-14-18)22(30)19(15-33)26-23(31)32-25(5,6)7/h1,9-12,18-20,33H,13-15H2,2-7H3,(H,26,31)(H,27,29). The number of carbonyl (C=O) groups excluding carboxylic acids is 3. The molecule has 1 fully saturated rings. The lowest BCUT2D eigenvalue weighted by atomic mass is 9.99. The van der Waals surface area contributed by atoms with Crippen LogP contribution in [-0.4, -0.2) is 51.8 Å². The third-order valence-electron chi connectivity index (χ3n) is 4.78. The Labute approximate surface area is 202 Å². The largest absolute Gasteiger partial charge is 0.444 e. The highest BCUT2D eigenvalue weighted by atomic mass is 32.1. The molecular weight excluding hydrogens is 438 g/mol. The number of hydrogen-bond acceptors (Lipinski definition) is 5. The summed E-state index contributed by atoms with van der Waals surface area (Å²) in [6.07, 6.45) is 6.32. The molecule has 180 valence electrons. The van der Waals surface area contributed by atoms with Crippen LogP contribution in [0.2, 0.25) is 0 Å². The number of benzene rings is 1. The fourth-order valence-corrected chi connectivity index (χ4v) is 3.57. The zero-order valence-corrected chi connectivity index (χ0v) is 21.2. The Morgan fingerprint density at radius 3 is 2.15 bits per heavy atom. The van der Waals surface area contributed by atoms with Crippen molar-refractivity contribution in [2.45, 2.75) is 83.6 Å². The van der Waals surface area contributed by atoms with E-state index in [0.29, 0.717) is 11.1 Å². The molecule has 0 radical (unpaired) electrons. The van der Waals surface area contributed by atoms with E-state index in [1.165, 1.54) is 0 Å². The van der Waals surface area contributed by atoms with Crippen molar-refractivity contribution >= 4 is 30.5 Å². The van der Waals surface area contributed by atoms with Crippen LogP contribution in [0.4, 0.5) is 4.79 Å². The second-order valence-corrected chi connectivity index (χ2v) is 10.6. The van der Waals surface area contributed by atoms with Crippen molar-refractivity contribution in [2.24, 2.45) is 0 Å². The molecule has 0 aromatic heterocycles. The van der Waals surface area contributed by atoms with Crippen LogP contribution < -0.4 is 10.6 Å². The normalized spacial score (nSPS) is 15.6. The molecule has 3 amide bonds. The van der Waals surface area contributed by atoms with Crippen molar-refractivity contribution in [1.82, 2.24) is 15.5 Å². The molecule has 1 aromatic rings. The van der Waals surface area contributed by atoms with E-state index < -0.39 is 29.3 Å². The van der Waals surface area contributed by atoms with E-state index in [1.54, 1.807) is 49.9 Å². The van der Waals surface area contributed by atoms with Crippen molar-refractivity contribution in [2.75, 3.05) is 5.75 Å². The van der Waals surface area contributed by atoms with Gasteiger partial charge in [-0.05, 0) is 72.1 Å². The van der Waals surface area contributed by atoms with Crippen LogP contribution in [0.3, 0.4) is 0 Å². The number of nitrogens with one attached hydrogen (secondary N) is 2. The number of amides is 3. The molecule has 1 aliphatic rings. The monoisotopic (exact) mass is 473 g/mol. The number of alkyl carbamates (subject to hydrolysis) is 1. The molecule has 7 nitrogen and oxygen atoms in total. The van der Waals surface area contributed by atoms with Crippen LogP contribution in [0, 0.1) is 12.3 Å². The van der Waals surface area contributed by atoms with Crippen molar-refractivity contribution in [3.05, 3.63) is 35.4 Å². The first-order valence-corrected chi connectivity index (χ1v) is 11.7. The SMILES string of the molecule is C#Cc1ccc(C(C(=O)NC(C)(C)C)N(C(=O)C(CS)NC(=O)OC(C)(C)C)C2CC2)cc1. The third kappa shape index (κ3) is 8.01. The molecule has 2 unspecified atom stereocenters. The Morgan fingerprint density at radius 2 is 1.73 bits per heavy atom. The summed E-state index contributed by atoms with van der Waals surface area (Å²) in [5, 5.41) is 5.60. The molecule has 0 heterocycles. The van der Waals surface area contributed by atoms with Gasteiger partial charge in [-0.15, -0.1) is 6.42 Å². The molecule has 1 saturated carbocycles. The summed E-state index contributed by atoms with van der Waals surface area (Å²) in [4.78, 5) is 41.0. The number of rotatable bonds is 7. The average Bonchev–Trinajstić information content (AvgIpc) is 3.52. The van der Waals surface area contributed by atoms with E-state index >= 15 is 0 Å². The van der Waals surface area contributed by atoms with Crippen LogP contribution in [0.1, 0.15) is 71.6 Å². The smallest absolute Gasteiger partial charge is 0.408 e. The zero-order chi connectivity index (χ0) is 25.0. The second-order valence-electron chi connectivity index (χ2n) is 10.3. The van der Waals surface area contributed by atoms with Gasteiger partial charge in [0.15, 0.2) is 0 Å². The number of hydrogen-bond donors (Lipinski definition) is 3. The predicted molar refractivity (Wildman–Crippen MR) is 132 cm³/mol. The Balaban J connectivity index is 2.41. The summed E-state index contributed by atoms with van der Waals surface area (Å²) >= 11 is 4.29. The van der Waals surface area contributed by atoms with Crippen LogP contribution in [0.5, 0.6) is 0 Å². The van der Waals surface area contributed by atoms with E-state index in [1.807, 2.05) is 20.8 Å². The Kier molecular flexibility index (Phi) is 8.47. The lowest BCUT2D eigenvalue weighted by molar-refractivity contribution is -0.143. The minimum atomic E-state index is -0.946. The first-order valence-electron chi connectivity index (χ1n) is 11.1. The first kappa shape index (κ1) is 26.6. The lowest BCUT2D eigenvalue weighted by Crippen LogP contribution is -2.55. The number of ether oxygens (including phenoxy) is 1. The number of carbonyl (C=O) groups is 3. The van der Waals surface area contributed by atoms with Gasteiger partial charge >= 0.3 is 6.09 Å². The van der Waals surface area contributed by atoms with Gasteiger partial charge < -0.3 is 20.3 Å². The van der Waals surface area contributed by atoms with Gasteiger partial charge in [0.05, 0.1) is 0 Å². The van der Waals surface area contributed by atoms with Gasteiger partial charge in [-0.3, -0.25) is 9.59 Å². The highest BCUT2D eigenvalue weighted by molar-refractivity contribution is 7.80. The molecule has 2 rings (SSSR count). The van der Waals surface area contributed by atoms with Gasteiger partial charge in [-0.25, -0.2) is 4.79 Å². The molecule has 0 saturated heterocycles. The van der Waals surface area contributed by atoms with E-state index in [9.17, 15) is 14.4 Å². The summed E-state index contributed by atoms with van der Waals surface area (Å²) in [5.74, 6) is 1.94. The summed E-state index contributed by atoms with van der Waals surface area (Å²) < 4.78 is 5.31. The van der Waals surface area contributed by atoms with Crippen LogP contribution in [-0.2, 0) is 14.3 Å². The predicted octanol–water partition coefficient (Wildman–Crippen LogP) is 3.44. The minimum Gasteiger partial charge on any atom is -0.444 e. The Hall–Kier alpha value is -2.66. The zero-order valence-electron chi connectivity index (χ0n) is 20.3. The quantitative estimate of drug-likeness (QED) is 0.418. The molecule has 0 aliphatic heterocycles. The Morgan fingerprint density at radius 1 is 1.15 bits per heavy atom.